The third-order valence-electron chi connectivity index (χ3n) is 5.98. The average Bonchev–Trinajstić information content (AvgIpc) is 3.35. The predicted molar refractivity (Wildman–Crippen MR) is 116 cm³/mol. The first kappa shape index (κ1) is 19.5. The van der Waals surface area contributed by atoms with Crippen molar-refractivity contribution in [2.24, 2.45) is 5.92 Å². The Morgan fingerprint density at radius 1 is 1.30 bits per heavy atom. The summed E-state index contributed by atoms with van der Waals surface area (Å²) in [5.41, 5.74) is 8.81. The second kappa shape index (κ2) is 6.52. The molecular formula is C20H20BrN5O3S. The Bertz CT molecular complexity index is 1330. The van der Waals surface area contributed by atoms with Crippen molar-refractivity contribution in [1.82, 2.24) is 19.3 Å². The molecule has 10 heteroatoms. The summed E-state index contributed by atoms with van der Waals surface area (Å²) in [5.74, 6) is 0.557. The lowest BCUT2D eigenvalue weighted by atomic mass is 10.0. The molecule has 0 saturated heterocycles. The van der Waals surface area contributed by atoms with Crippen LogP contribution < -0.4 is 5.73 Å². The van der Waals surface area contributed by atoms with Crippen LogP contribution in [0.15, 0.2) is 34.0 Å². The third kappa shape index (κ3) is 3.01. The summed E-state index contributed by atoms with van der Waals surface area (Å²) in [4.78, 5) is 23.5. The zero-order valence-corrected chi connectivity index (χ0v) is 18.9. The molecule has 5 rings (SSSR count). The van der Waals surface area contributed by atoms with Crippen LogP contribution in [0, 0.1) is 5.92 Å². The number of nitrogens with zero attached hydrogens (tertiary/aromatic N) is 4. The number of aromatic nitrogens is 3. The largest absolute Gasteiger partial charge is 0.381 e. The molecule has 1 unspecified atom stereocenters. The number of hydrogen-bond donors (Lipinski definition) is 1. The smallest absolute Gasteiger partial charge is 0.256 e. The number of fused-ring (bicyclic) bond motifs is 2. The number of amides is 1. The molecule has 0 spiro atoms. The van der Waals surface area contributed by atoms with Crippen molar-refractivity contribution in [2.75, 3.05) is 12.0 Å². The fourth-order valence-electron chi connectivity index (χ4n) is 4.24. The Morgan fingerprint density at radius 2 is 2.03 bits per heavy atom. The minimum atomic E-state index is -3.62. The van der Waals surface area contributed by atoms with Crippen LogP contribution in [0.3, 0.4) is 0 Å². The molecule has 2 aromatic heterocycles. The maximum Gasteiger partial charge on any atom is 0.256 e. The topological polar surface area (TPSA) is 111 Å². The summed E-state index contributed by atoms with van der Waals surface area (Å²) in [6.45, 7) is 2.45. The molecule has 1 saturated carbocycles. The standard InChI is InChI=1S/C20H20BrN5O3S/c1-10(11-3-4-11)25-8-13-5-12(6-15(30(2,28)29)17(13)20(25)27)14-7-23-19-18(22)24-16(21)9-26(14)19/h5-7,9-11H,3-4,8H2,1-2H3,(H2,22,24). The normalized spacial score (nSPS) is 17.6. The highest BCUT2D eigenvalue weighted by Crippen LogP contribution is 2.41. The van der Waals surface area contributed by atoms with E-state index in [0.29, 0.717) is 39.5 Å². The summed E-state index contributed by atoms with van der Waals surface area (Å²) >= 11 is 3.33. The van der Waals surface area contributed by atoms with E-state index in [1.54, 1.807) is 27.8 Å². The molecular weight excluding hydrogens is 470 g/mol. The van der Waals surface area contributed by atoms with E-state index in [1.807, 2.05) is 13.0 Å². The number of sulfone groups is 1. The van der Waals surface area contributed by atoms with Crippen LogP contribution >= 0.6 is 15.9 Å². The summed E-state index contributed by atoms with van der Waals surface area (Å²) in [7, 11) is -3.62. The number of nitrogens with two attached hydrogens (primary N) is 1. The molecule has 156 valence electrons. The molecule has 0 radical (unpaired) electrons. The van der Waals surface area contributed by atoms with E-state index < -0.39 is 9.84 Å². The minimum Gasteiger partial charge on any atom is -0.381 e. The summed E-state index contributed by atoms with van der Waals surface area (Å²) in [6.07, 6.45) is 6.72. The van der Waals surface area contributed by atoms with E-state index in [1.165, 1.54) is 0 Å². The lowest BCUT2D eigenvalue weighted by Crippen LogP contribution is -2.35. The average molecular weight is 490 g/mol. The van der Waals surface area contributed by atoms with Gasteiger partial charge in [-0.3, -0.25) is 9.20 Å². The summed E-state index contributed by atoms with van der Waals surface area (Å²) in [5, 5.41) is 0. The van der Waals surface area contributed by atoms with Crippen LogP contribution in [-0.4, -0.2) is 45.9 Å². The van der Waals surface area contributed by atoms with Crippen molar-refractivity contribution < 1.29 is 13.2 Å². The monoisotopic (exact) mass is 489 g/mol. The van der Waals surface area contributed by atoms with Gasteiger partial charge in [0.05, 0.1) is 22.3 Å². The fourth-order valence-corrected chi connectivity index (χ4v) is 5.56. The van der Waals surface area contributed by atoms with Gasteiger partial charge in [0.15, 0.2) is 21.3 Å². The van der Waals surface area contributed by atoms with Gasteiger partial charge >= 0.3 is 0 Å². The number of anilines is 1. The highest BCUT2D eigenvalue weighted by atomic mass is 79.9. The predicted octanol–water partition coefficient (Wildman–Crippen LogP) is 2.90. The highest BCUT2D eigenvalue weighted by Gasteiger charge is 2.41. The number of rotatable bonds is 4. The number of carbonyl (C=O) groups excluding carboxylic acids is 1. The lowest BCUT2D eigenvalue weighted by Gasteiger charge is -2.24. The molecule has 3 heterocycles. The maximum atomic E-state index is 13.2. The van der Waals surface area contributed by atoms with E-state index in [0.717, 1.165) is 24.7 Å². The molecule has 1 aromatic carbocycles. The molecule has 1 fully saturated rings. The van der Waals surface area contributed by atoms with Crippen molar-refractivity contribution in [2.45, 2.75) is 37.2 Å². The van der Waals surface area contributed by atoms with Gasteiger partial charge in [-0.05, 0) is 59.3 Å². The molecule has 8 nitrogen and oxygen atoms in total. The van der Waals surface area contributed by atoms with Crippen molar-refractivity contribution in [3.8, 4) is 11.3 Å². The van der Waals surface area contributed by atoms with Crippen molar-refractivity contribution in [3.63, 3.8) is 0 Å². The van der Waals surface area contributed by atoms with Crippen molar-refractivity contribution in [3.05, 3.63) is 40.3 Å². The molecule has 1 aliphatic carbocycles. The lowest BCUT2D eigenvalue weighted by molar-refractivity contribution is 0.0694. The van der Waals surface area contributed by atoms with Crippen LogP contribution in [0.2, 0.25) is 0 Å². The fraction of sp³-hybridized carbons (Fsp3) is 0.350. The summed E-state index contributed by atoms with van der Waals surface area (Å²) < 4.78 is 27.6. The van der Waals surface area contributed by atoms with Gasteiger partial charge in [-0.2, -0.15) is 0 Å². The molecule has 30 heavy (non-hydrogen) atoms. The Morgan fingerprint density at radius 3 is 2.70 bits per heavy atom. The molecule has 1 aliphatic heterocycles. The van der Waals surface area contributed by atoms with Gasteiger partial charge in [0.1, 0.15) is 4.60 Å². The highest BCUT2D eigenvalue weighted by molar-refractivity contribution is 9.10. The second-order valence-corrected chi connectivity index (χ2v) is 10.9. The second-order valence-electron chi connectivity index (χ2n) is 8.08. The van der Waals surface area contributed by atoms with Crippen LogP contribution in [0.5, 0.6) is 0 Å². The Hall–Kier alpha value is -2.46. The van der Waals surface area contributed by atoms with E-state index in [9.17, 15) is 13.2 Å². The maximum absolute atomic E-state index is 13.2. The number of imidazole rings is 1. The molecule has 3 aromatic rings. The zero-order valence-electron chi connectivity index (χ0n) is 16.5. The van der Waals surface area contributed by atoms with Gasteiger partial charge in [-0.25, -0.2) is 18.4 Å². The van der Waals surface area contributed by atoms with Gasteiger partial charge in [-0.15, -0.1) is 0 Å². The number of halogens is 1. The third-order valence-corrected chi connectivity index (χ3v) is 7.48. The molecule has 1 amide bonds. The Labute approximate surface area is 182 Å². The van der Waals surface area contributed by atoms with Gasteiger partial charge in [-0.1, -0.05) is 0 Å². The van der Waals surface area contributed by atoms with Crippen LogP contribution in [0.25, 0.3) is 16.9 Å². The minimum absolute atomic E-state index is 0.0570. The van der Waals surface area contributed by atoms with Crippen LogP contribution in [-0.2, 0) is 16.4 Å². The Kier molecular flexibility index (Phi) is 4.24. The van der Waals surface area contributed by atoms with Crippen LogP contribution in [0.1, 0.15) is 35.7 Å². The molecule has 2 aliphatic rings. The number of benzene rings is 1. The molecule has 1 atom stereocenters. The first-order valence-electron chi connectivity index (χ1n) is 9.62. The SMILES string of the molecule is CC(C1CC1)N1Cc2cc(-c3cnc4c(N)nc(Br)cn34)cc(S(C)(=O)=O)c2C1=O. The van der Waals surface area contributed by atoms with Gasteiger partial charge < -0.3 is 10.6 Å². The summed E-state index contributed by atoms with van der Waals surface area (Å²) in [6, 6.07) is 3.54. The van der Waals surface area contributed by atoms with E-state index in [2.05, 4.69) is 25.9 Å². The van der Waals surface area contributed by atoms with Crippen LogP contribution in [0.4, 0.5) is 5.82 Å². The van der Waals surface area contributed by atoms with Crippen molar-refractivity contribution in [1.29, 1.82) is 0 Å². The zero-order chi connectivity index (χ0) is 21.4. The number of hydrogen-bond acceptors (Lipinski definition) is 6. The van der Waals surface area contributed by atoms with E-state index >= 15 is 0 Å². The number of carbonyl (C=O) groups is 1. The van der Waals surface area contributed by atoms with Gasteiger partial charge in [0.25, 0.3) is 5.91 Å². The van der Waals surface area contributed by atoms with E-state index in [-0.39, 0.29) is 22.7 Å². The first-order chi connectivity index (χ1) is 14.1. The number of nitrogen functional groups attached to an aromatic ring is 1. The Balaban J connectivity index is 1.70. The quantitative estimate of drug-likeness (QED) is 0.602. The van der Waals surface area contributed by atoms with Gasteiger partial charge in [0.2, 0.25) is 0 Å². The molecule has 0 bridgehead atoms. The van der Waals surface area contributed by atoms with E-state index in [4.69, 9.17) is 5.73 Å². The van der Waals surface area contributed by atoms with Crippen molar-refractivity contribution >= 4 is 43.1 Å². The first-order valence-corrected chi connectivity index (χ1v) is 12.3. The van der Waals surface area contributed by atoms with Gasteiger partial charge in [0, 0.05) is 30.6 Å². The molecule has 2 N–H and O–H groups in total.